The molecule has 0 bridgehead atoms. The van der Waals surface area contributed by atoms with Crippen LogP contribution < -0.4 is 4.74 Å². The van der Waals surface area contributed by atoms with Crippen molar-refractivity contribution in [2.24, 2.45) is 11.8 Å². The Bertz CT molecular complexity index is 899. The molecule has 7 nitrogen and oxygen atoms in total. The van der Waals surface area contributed by atoms with Crippen LogP contribution in [0.5, 0.6) is 5.75 Å². The second-order valence-electron chi connectivity index (χ2n) is 10.4. The van der Waals surface area contributed by atoms with Crippen molar-refractivity contribution in [2.45, 2.75) is 101 Å². The molecule has 0 atom stereocenters. The topological polar surface area (TPSA) is 60.2 Å². The molecule has 1 aromatic heterocycles. The molecule has 0 amide bonds. The quantitative estimate of drug-likeness (QED) is 0.264. The van der Waals surface area contributed by atoms with Gasteiger partial charge in [-0.15, -0.1) is 6.58 Å². The molecule has 2 saturated heterocycles. The molecule has 4 rings (SSSR count). The summed E-state index contributed by atoms with van der Waals surface area (Å²) in [6.45, 7) is 27.7. The van der Waals surface area contributed by atoms with E-state index in [4.69, 9.17) is 18.7 Å². The van der Waals surface area contributed by atoms with E-state index in [-0.39, 0.29) is 6.29 Å². The van der Waals surface area contributed by atoms with Crippen molar-refractivity contribution in [1.82, 2.24) is 15.0 Å². The van der Waals surface area contributed by atoms with Gasteiger partial charge in [-0.05, 0) is 83.8 Å². The molecule has 238 valence electrons. The van der Waals surface area contributed by atoms with Crippen molar-refractivity contribution < 1.29 is 18.7 Å². The van der Waals surface area contributed by atoms with Crippen molar-refractivity contribution in [3.8, 4) is 5.75 Å². The van der Waals surface area contributed by atoms with Crippen LogP contribution in [0.15, 0.2) is 29.3 Å². The number of aryl methyl sites for hydroxylation is 1. The third-order valence-corrected chi connectivity index (χ3v) is 6.42. The monoisotopic (exact) mass is 577 g/mol. The molecule has 41 heavy (non-hydrogen) atoms. The first-order chi connectivity index (χ1) is 19.9. The van der Waals surface area contributed by atoms with Gasteiger partial charge >= 0.3 is 0 Å². The van der Waals surface area contributed by atoms with E-state index in [2.05, 4.69) is 61.6 Å². The summed E-state index contributed by atoms with van der Waals surface area (Å²) in [4.78, 5) is 4.62. The van der Waals surface area contributed by atoms with Crippen molar-refractivity contribution in [2.75, 3.05) is 53.6 Å². The number of hydrogen-bond donors (Lipinski definition) is 0. The number of allylic oxidation sites excluding steroid dienone is 1. The Morgan fingerprint density at radius 2 is 1.63 bits per heavy atom. The van der Waals surface area contributed by atoms with E-state index in [9.17, 15) is 0 Å². The molecule has 1 aromatic carbocycles. The minimum absolute atomic E-state index is 0.0289. The molecule has 3 heterocycles. The number of hydrogen-bond acceptors (Lipinski definition) is 7. The van der Waals surface area contributed by atoms with E-state index in [1.807, 2.05) is 48.5 Å². The lowest BCUT2D eigenvalue weighted by Crippen LogP contribution is -2.39. The molecule has 0 saturated carbocycles. The van der Waals surface area contributed by atoms with Crippen molar-refractivity contribution in [3.63, 3.8) is 0 Å². The number of benzene rings is 1. The first kappa shape index (κ1) is 39.1. The summed E-state index contributed by atoms with van der Waals surface area (Å²) >= 11 is 0. The average Bonchev–Trinajstić information content (AvgIpc) is 3.66. The van der Waals surface area contributed by atoms with E-state index < -0.39 is 0 Å². The summed E-state index contributed by atoms with van der Waals surface area (Å²) < 4.78 is 23.1. The maximum Gasteiger partial charge on any atom is 0.175 e. The summed E-state index contributed by atoms with van der Waals surface area (Å²) in [7, 11) is 4.14. The van der Waals surface area contributed by atoms with Gasteiger partial charge in [0.15, 0.2) is 11.9 Å². The smallest absolute Gasteiger partial charge is 0.175 e. The molecule has 0 unspecified atom stereocenters. The minimum Gasteiger partial charge on any atom is -0.493 e. The van der Waals surface area contributed by atoms with Gasteiger partial charge < -0.3 is 23.6 Å². The van der Waals surface area contributed by atoms with Crippen molar-refractivity contribution in [3.05, 3.63) is 36.0 Å². The van der Waals surface area contributed by atoms with Crippen LogP contribution in [0.3, 0.4) is 0 Å². The molecule has 0 N–H and O–H groups in total. The summed E-state index contributed by atoms with van der Waals surface area (Å²) in [5.74, 6) is 2.12. The van der Waals surface area contributed by atoms with Gasteiger partial charge in [0, 0.05) is 18.5 Å². The Morgan fingerprint density at radius 3 is 2.17 bits per heavy atom. The highest BCUT2D eigenvalue weighted by molar-refractivity contribution is 5.84. The van der Waals surface area contributed by atoms with Crippen molar-refractivity contribution >= 4 is 11.0 Å². The Morgan fingerprint density at radius 1 is 1.05 bits per heavy atom. The Balaban J connectivity index is 0.00000161. The van der Waals surface area contributed by atoms with Gasteiger partial charge in [-0.3, -0.25) is 4.90 Å². The number of nitrogens with zero attached hydrogens (tertiary/aromatic N) is 3. The van der Waals surface area contributed by atoms with E-state index in [1.165, 1.54) is 12.8 Å². The van der Waals surface area contributed by atoms with E-state index >= 15 is 0 Å². The number of likely N-dealkylation sites (tertiary alicyclic amines) is 1. The van der Waals surface area contributed by atoms with Crippen LogP contribution in [0.4, 0.5) is 0 Å². The summed E-state index contributed by atoms with van der Waals surface area (Å²) in [5.41, 5.74) is 3.04. The molecule has 0 radical (unpaired) electrons. The molecule has 2 aromatic rings. The maximum atomic E-state index is 6.09. The zero-order valence-electron chi connectivity index (χ0n) is 28.4. The molecule has 2 fully saturated rings. The standard InChI is InChI=1S/C25H39N3O4.C3H6.3C2H6/c1-18(2)17-31-23-8-6-20-22(26-32-25(20)21(23)15-27(3)4)7-5-19-9-11-28(12-10-19)16-24-29-13-14-30-24;1-3-2;3*1-2/h6,8,18-19,24H,5,7,9-17H2,1-4H3;3H,1H2,2H3;3*1-2H3. The van der Waals surface area contributed by atoms with Crippen molar-refractivity contribution in [1.29, 1.82) is 0 Å². The fraction of sp³-hybridized carbons (Fsp3) is 0.735. The van der Waals surface area contributed by atoms with Gasteiger partial charge in [0.05, 0.1) is 31.1 Å². The number of fused-ring (bicyclic) bond motifs is 1. The lowest BCUT2D eigenvalue weighted by Gasteiger charge is -2.32. The Kier molecular flexibility index (Phi) is 22.5. The highest BCUT2D eigenvalue weighted by Gasteiger charge is 2.25. The van der Waals surface area contributed by atoms with Crippen LogP contribution in [0.25, 0.3) is 11.0 Å². The molecule has 7 heteroatoms. The fourth-order valence-electron chi connectivity index (χ4n) is 4.65. The van der Waals surface area contributed by atoms with Crippen LogP contribution in [0, 0.1) is 11.8 Å². The first-order valence-electron chi connectivity index (χ1n) is 16.1. The van der Waals surface area contributed by atoms with Gasteiger partial charge in [0.2, 0.25) is 0 Å². The summed E-state index contributed by atoms with van der Waals surface area (Å²) in [6.07, 6.45) is 6.28. The number of aromatic nitrogens is 1. The van der Waals surface area contributed by atoms with Gasteiger partial charge in [-0.25, -0.2) is 0 Å². The van der Waals surface area contributed by atoms with Gasteiger partial charge in [-0.1, -0.05) is 66.6 Å². The largest absolute Gasteiger partial charge is 0.493 e. The van der Waals surface area contributed by atoms with Gasteiger partial charge in [0.25, 0.3) is 0 Å². The molecular weight excluding hydrogens is 514 g/mol. The molecule has 2 aliphatic rings. The van der Waals surface area contributed by atoms with E-state index in [0.29, 0.717) is 12.5 Å². The normalized spacial score (nSPS) is 15.6. The van der Waals surface area contributed by atoms with Crippen LogP contribution in [-0.4, -0.2) is 74.8 Å². The first-order valence-corrected chi connectivity index (χ1v) is 16.1. The van der Waals surface area contributed by atoms with Crippen LogP contribution >= 0.6 is 0 Å². The molecule has 2 aliphatic heterocycles. The zero-order valence-corrected chi connectivity index (χ0v) is 28.4. The number of piperidine rings is 1. The second kappa shape index (κ2) is 23.6. The second-order valence-corrected chi connectivity index (χ2v) is 10.4. The third-order valence-electron chi connectivity index (χ3n) is 6.42. The zero-order chi connectivity index (χ0) is 31.2. The predicted octanol–water partition coefficient (Wildman–Crippen LogP) is 8.21. The lowest BCUT2D eigenvalue weighted by molar-refractivity contribution is -0.0661. The number of ether oxygens (including phenoxy) is 3. The summed E-state index contributed by atoms with van der Waals surface area (Å²) in [5, 5.41) is 5.61. The van der Waals surface area contributed by atoms with Gasteiger partial charge in [-0.2, -0.15) is 0 Å². The SMILES string of the molecule is C=CC.CC.CC.CC.CC(C)COc1ccc2c(CCC3CCN(CC4OCCO4)CC3)noc2c1CN(C)C. The van der Waals surface area contributed by atoms with E-state index in [1.54, 1.807) is 6.08 Å². The van der Waals surface area contributed by atoms with Crippen LogP contribution in [0.1, 0.15) is 92.8 Å². The summed E-state index contributed by atoms with van der Waals surface area (Å²) in [6, 6.07) is 4.22. The van der Waals surface area contributed by atoms with Crippen LogP contribution in [0.2, 0.25) is 0 Å². The Labute approximate surface area is 252 Å². The van der Waals surface area contributed by atoms with Gasteiger partial charge in [0.1, 0.15) is 5.75 Å². The minimum atomic E-state index is -0.0289. The fourth-order valence-corrected chi connectivity index (χ4v) is 4.65. The molecule has 0 aliphatic carbocycles. The Hall–Kier alpha value is -1.93. The average molecular weight is 578 g/mol. The number of rotatable bonds is 10. The molecular formula is C34H63N3O4. The molecule has 0 spiro atoms. The maximum absolute atomic E-state index is 6.09. The highest BCUT2D eigenvalue weighted by atomic mass is 16.7. The highest BCUT2D eigenvalue weighted by Crippen LogP contribution is 2.33. The van der Waals surface area contributed by atoms with E-state index in [0.717, 1.165) is 86.1 Å². The lowest BCUT2D eigenvalue weighted by atomic mass is 9.91. The van der Waals surface area contributed by atoms with Crippen LogP contribution in [-0.2, 0) is 22.4 Å². The predicted molar refractivity (Wildman–Crippen MR) is 175 cm³/mol. The third kappa shape index (κ3) is 14.2.